The van der Waals surface area contributed by atoms with Crippen LogP contribution in [0.2, 0.25) is 5.02 Å². The lowest BCUT2D eigenvalue weighted by molar-refractivity contribution is -0.139. The first-order valence-corrected chi connectivity index (χ1v) is 6.95. The van der Waals surface area contributed by atoms with Gasteiger partial charge in [-0.25, -0.2) is 0 Å². The van der Waals surface area contributed by atoms with Gasteiger partial charge in [-0.15, -0.1) is 0 Å². The Hall–Kier alpha value is -2.31. The summed E-state index contributed by atoms with van der Waals surface area (Å²) in [6.07, 6.45) is 1.85. The molecule has 0 saturated heterocycles. The summed E-state index contributed by atoms with van der Waals surface area (Å²) in [5, 5.41) is 15.1. The zero-order valence-electron chi connectivity index (χ0n) is 11.6. The normalized spacial score (nSPS) is 11.7. The molecule has 0 aliphatic carbocycles. The number of nitrogens with one attached hydrogen (secondary N) is 2. The number of benzene rings is 1. The van der Waals surface area contributed by atoms with E-state index in [2.05, 4.69) is 10.6 Å². The predicted octanol–water partition coefficient (Wildman–Crippen LogP) is 1.40. The predicted molar refractivity (Wildman–Crippen MR) is 80.0 cm³/mol. The lowest BCUT2D eigenvalue weighted by Gasteiger charge is -2.10. The molecule has 0 bridgehead atoms. The summed E-state index contributed by atoms with van der Waals surface area (Å²) in [4.78, 5) is 23.3. The van der Waals surface area contributed by atoms with E-state index in [1.165, 1.54) is 12.5 Å². The Morgan fingerprint density at radius 2 is 1.91 bits per heavy atom. The topological polar surface area (TPSA) is 91.6 Å². The van der Waals surface area contributed by atoms with Crippen molar-refractivity contribution in [2.24, 2.45) is 0 Å². The van der Waals surface area contributed by atoms with Gasteiger partial charge in [0.15, 0.2) is 0 Å². The zero-order chi connectivity index (χ0) is 15.9. The van der Waals surface area contributed by atoms with E-state index in [1.807, 2.05) is 0 Å². The number of carbonyl (C=O) groups is 2. The maximum atomic E-state index is 11.7. The molecule has 0 fully saturated rings. The number of aliphatic hydroxyl groups excluding tert-OH is 1. The molecule has 6 nitrogen and oxygen atoms in total. The summed E-state index contributed by atoms with van der Waals surface area (Å²) in [6.45, 7) is 0.0636. The molecule has 1 aromatic heterocycles. The Balaban J connectivity index is 1.78. The fourth-order valence-electron chi connectivity index (χ4n) is 1.75. The maximum absolute atomic E-state index is 11.7. The summed E-state index contributed by atoms with van der Waals surface area (Å²) in [5.41, 5.74) is 1.24. The van der Waals surface area contributed by atoms with Crippen molar-refractivity contribution in [3.05, 3.63) is 59.0 Å². The molecule has 0 aliphatic rings. The Kier molecular flexibility index (Phi) is 5.57. The molecule has 7 heteroatoms. The second-order valence-corrected chi connectivity index (χ2v) is 4.96. The first-order chi connectivity index (χ1) is 10.6. The first kappa shape index (κ1) is 16.1. The van der Waals surface area contributed by atoms with Gasteiger partial charge in [0.05, 0.1) is 18.6 Å². The van der Waals surface area contributed by atoms with Crippen molar-refractivity contribution in [2.45, 2.75) is 12.6 Å². The van der Waals surface area contributed by atoms with Crippen LogP contribution in [0.25, 0.3) is 0 Å². The van der Waals surface area contributed by atoms with Crippen LogP contribution in [0.4, 0.5) is 0 Å². The van der Waals surface area contributed by atoms with Crippen molar-refractivity contribution in [2.75, 3.05) is 6.54 Å². The van der Waals surface area contributed by atoms with E-state index in [4.69, 9.17) is 16.0 Å². The van der Waals surface area contributed by atoms with Crippen molar-refractivity contribution in [3.63, 3.8) is 0 Å². The molecule has 22 heavy (non-hydrogen) atoms. The van der Waals surface area contributed by atoms with Gasteiger partial charge in [0.25, 0.3) is 0 Å². The average Bonchev–Trinajstić information content (AvgIpc) is 3.05. The van der Waals surface area contributed by atoms with Crippen molar-refractivity contribution in [3.8, 4) is 0 Å². The second-order valence-electron chi connectivity index (χ2n) is 4.56. The SMILES string of the molecule is O=C(NCc1ccccc1Cl)C(=O)NCC(O)c1ccoc1. The Labute approximate surface area is 132 Å². The van der Waals surface area contributed by atoms with E-state index in [1.54, 1.807) is 30.3 Å². The molecule has 2 aromatic rings. The van der Waals surface area contributed by atoms with E-state index in [-0.39, 0.29) is 13.1 Å². The van der Waals surface area contributed by atoms with Crippen LogP contribution in [-0.2, 0) is 16.1 Å². The molecule has 3 N–H and O–H groups in total. The number of furan rings is 1. The number of carbonyl (C=O) groups excluding carboxylic acids is 2. The minimum atomic E-state index is -0.931. The van der Waals surface area contributed by atoms with E-state index in [9.17, 15) is 14.7 Å². The molecule has 0 radical (unpaired) electrons. The molecule has 0 spiro atoms. The highest BCUT2D eigenvalue weighted by Gasteiger charge is 2.16. The Bertz CT molecular complexity index is 643. The number of hydrogen-bond donors (Lipinski definition) is 3. The quantitative estimate of drug-likeness (QED) is 0.726. The van der Waals surface area contributed by atoms with Gasteiger partial charge in [-0.2, -0.15) is 0 Å². The maximum Gasteiger partial charge on any atom is 0.309 e. The monoisotopic (exact) mass is 322 g/mol. The average molecular weight is 323 g/mol. The summed E-state index contributed by atoms with van der Waals surface area (Å²) in [5.74, 6) is -1.62. The van der Waals surface area contributed by atoms with Gasteiger partial charge in [0.2, 0.25) is 0 Å². The Morgan fingerprint density at radius 3 is 2.59 bits per heavy atom. The molecular formula is C15H15ClN2O4. The molecule has 116 valence electrons. The van der Waals surface area contributed by atoms with Gasteiger partial charge >= 0.3 is 11.8 Å². The van der Waals surface area contributed by atoms with Gasteiger partial charge in [0.1, 0.15) is 0 Å². The fourth-order valence-corrected chi connectivity index (χ4v) is 1.95. The number of hydrogen-bond acceptors (Lipinski definition) is 4. The molecule has 1 atom stereocenters. The Morgan fingerprint density at radius 1 is 1.18 bits per heavy atom. The fraction of sp³-hybridized carbons (Fsp3) is 0.200. The highest BCUT2D eigenvalue weighted by molar-refractivity contribution is 6.35. The van der Waals surface area contributed by atoms with Crippen LogP contribution in [0, 0.1) is 0 Å². The lowest BCUT2D eigenvalue weighted by atomic mass is 10.2. The third-order valence-corrected chi connectivity index (χ3v) is 3.36. The van der Waals surface area contributed by atoms with Crippen LogP contribution in [0.3, 0.4) is 0 Å². The van der Waals surface area contributed by atoms with Crippen molar-refractivity contribution in [1.82, 2.24) is 10.6 Å². The molecule has 1 aromatic carbocycles. The number of amides is 2. The molecule has 1 unspecified atom stereocenters. The zero-order valence-corrected chi connectivity index (χ0v) is 12.3. The highest BCUT2D eigenvalue weighted by Crippen LogP contribution is 2.14. The molecule has 2 rings (SSSR count). The van der Waals surface area contributed by atoms with Gasteiger partial charge in [-0.05, 0) is 17.7 Å². The van der Waals surface area contributed by atoms with Crippen LogP contribution < -0.4 is 10.6 Å². The van der Waals surface area contributed by atoms with E-state index >= 15 is 0 Å². The first-order valence-electron chi connectivity index (χ1n) is 6.57. The highest BCUT2D eigenvalue weighted by atomic mass is 35.5. The summed E-state index contributed by atoms with van der Waals surface area (Å²) < 4.78 is 4.82. The molecule has 0 aliphatic heterocycles. The number of halogens is 1. The number of rotatable bonds is 5. The van der Waals surface area contributed by atoms with Gasteiger partial charge < -0.3 is 20.2 Å². The lowest BCUT2D eigenvalue weighted by Crippen LogP contribution is -2.41. The van der Waals surface area contributed by atoms with Crippen LogP contribution in [0.5, 0.6) is 0 Å². The van der Waals surface area contributed by atoms with Gasteiger partial charge in [-0.1, -0.05) is 29.8 Å². The largest absolute Gasteiger partial charge is 0.472 e. The van der Waals surface area contributed by atoms with Crippen LogP contribution in [0.1, 0.15) is 17.2 Å². The number of aliphatic hydroxyl groups is 1. The molecule has 0 saturated carbocycles. The van der Waals surface area contributed by atoms with Crippen molar-refractivity contribution < 1.29 is 19.1 Å². The van der Waals surface area contributed by atoms with Crippen LogP contribution in [-0.4, -0.2) is 23.5 Å². The minimum absolute atomic E-state index is 0.0854. The van der Waals surface area contributed by atoms with Gasteiger partial charge in [0, 0.05) is 23.7 Å². The van der Waals surface area contributed by atoms with Crippen LogP contribution >= 0.6 is 11.6 Å². The minimum Gasteiger partial charge on any atom is -0.472 e. The van der Waals surface area contributed by atoms with Gasteiger partial charge in [-0.3, -0.25) is 9.59 Å². The third-order valence-electron chi connectivity index (χ3n) is 2.99. The smallest absolute Gasteiger partial charge is 0.309 e. The van der Waals surface area contributed by atoms with Crippen molar-refractivity contribution >= 4 is 23.4 Å². The van der Waals surface area contributed by atoms with E-state index in [0.717, 1.165) is 0 Å². The van der Waals surface area contributed by atoms with Crippen LogP contribution in [0.15, 0.2) is 47.3 Å². The summed E-state index contributed by atoms with van der Waals surface area (Å²) in [6, 6.07) is 8.59. The summed E-state index contributed by atoms with van der Waals surface area (Å²) >= 11 is 5.95. The standard InChI is InChI=1S/C15H15ClN2O4/c16-12-4-2-1-3-10(12)7-17-14(20)15(21)18-8-13(19)11-5-6-22-9-11/h1-6,9,13,19H,7-8H2,(H,17,20)(H,18,21). The van der Waals surface area contributed by atoms with E-state index < -0.39 is 17.9 Å². The molecular weight excluding hydrogens is 308 g/mol. The summed E-state index contributed by atoms with van der Waals surface area (Å²) in [7, 11) is 0. The molecule has 1 heterocycles. The van der Waals surface area contributed by atoms with E-state index in [0.29, 0.717) is 16.1 Å². The molecule has 2 amide bonds. The third kappa shape index (κ3) is 4.34. The van der Waals surface area contributed by atoms with Crippen molar-refractivity contribution in [1.29, 1.82) is 0 Å². The second kappa shape index (κ2) is 7.63.